The molecule has 4 N–H and O–H groups in total. The lowest BCUT2D eigenvalue weighted by atomic mass is 9.88. The predicted molar refractivity (Wildman–Crippen MR) is 176 cm³/mol. The van der Waals surface area contributed by atoms with Gasteiger partial charge in [-0.1, -0.05) is 18.9 Å². The summed E-state index contributed by atoms with van der Waals surface area (Å²) >= 11 is 0. The number of hydrazine groups is 1. The molecule has 12 nitrogen and oxygen atoms in total. The lowest BCUT2D eigenvalue weighted by Gasteiger charge is -2.48. The maximum Gasteiger partial charge on any atom is 0.433 e. The van der Waals surface area contributed by atoms with Crippen molar-refractivity contribution in [2.45, 2.75) is 62.6 Å². The molecule has 1 aromatic heterocycles. The van der Waals surface area contributed by atoms with Crippen LogP contribution in [0.25, 0.3) is 11.3 Å². The molecule has 1 fully saturated rings. The van der Waals surface area contributed by atoms with E-state index < -0.39 is 106 Å². The number of nitrogens with zero attached hydrogens (tertiary/aromatic N) is 4. The van der Waals surface area contributed by atoms with E-state index >= 15 is 8.78 Å². The molecule has 0 bridgehead atoms. The molecular formula is C35H35F8N5O7. The SMILES string of the molecule is CN1N(Cc2ccc(OCCCOC[C@H](O)CO)c(F)c2F)C(=O)C(C(=O)Nc2ccc(C(F)(F)F)cc2-c2cc(C(F)(F)F)ncn2)=C(O)C12CCCC2. The van der Waals surface area contributed by atoms with Crippen LogP contribution in [-0.2, 0) is 33.2 Å². The molecule has 20 heteroatoms. The van der Waals surface area contributed by atoms with Crippen LogP contribution >= 0.6 is 0 Å². The number of alkyl halides is 6. The van der Waals surface area contributed by atoms with Crippen molar-refractivity contribution >= 4 is 17.5 Å². The second-order valence-corrected chi connectivity index (χ2v) is 12.8. The first-order valence-electron chi connectivity index (χ1n) is 16.8. The number of carbonyl (C=O) groups excluding carboxylic acids is 2. The van der Waals surface area contributed by atoms with Crippen LogP contribution in [0, 0.1) is 11.6 Å². The molecular weight excluding hydrogens is 754 g/mol. The Balaban J connectivity index is 1.43. The largest absolute Gasteiger partial charge is 0.509 e. The maximum absolute atomic E-state index is 15.5. The summed E-state index contributed by atoms with van der Waals surface area (Å²) in [6.45, 7) is -1.31. The van der Waals surface area contributed by atoms with Gasteiger partial charge in [0.05, 0.1) is 48.8 Å². The van der Waals surface area contributed by atoms with E-state index in [4.69, 9.17) is 14.6 Å². The maximum atomic E-state index is 15.5. The van der Waals surface area contributed by atoms with Crippen LogP contribution in [0.3, 0.4) is 0 Å². The van der Waals surface area contributed by atoms with Crippen LogP contribution in [0.1, 0.15) is 48.9 Å². The number of halogens is 8. The minimum Gasteiger partial charge on any atom is -0.509 e. The number of amides is 2. The van der Waals surface area contributed by atoms with Gasteiger partial charge < -0.3 is 30.1 Å². The van der Waals surface area contributed by atoms with Gasteiger partial charge in [0.1, 0.15) is 29.5 Å². The Bertz CT molecular complexity index is 1940. The Kier molecular flexibility index (Phi) is 12.3. The van der Waals surface area contributed by atoms with Crippen molar-refractivity contribution in [2.24, 2.45) is 0 Å². The summed E-state index contributed by atoms with van der Waals surface area (Å²) in [5, 5.41) is 34.1. The second-order valence-electron chi connectivity index (χ2n) is 12.8. The monoisotopic (exact) mass is 789 g/mol. The number of aliphatic hydroxyl groups excluding tert-OH is 3. The first kappa shape index (κ1) is 41.2. The molecule has 55 heavy (non-hydrogen) atoms. The quantitative estimate of drug-likeness (QED) is 0.0984. The van der Waals surface area contributed by atoms with Gasteiger partial charge in [0, 0.05) is 31.2 Å². The average molecular weight is 790 g/mol. The van der Waals surface area contributed by atoms with Crippen LogP contribution in [0.2, 0.25) is 0 Å². The van der Waals surface area contributed by atoms with E-state index in [9.17, 15) is 46.1 Å². The van der Waals surface area contributed by atoms with Gasteiger partial charge in [-0.3, -0.25) is 14.6 Å². The minimum atomic E-state index is -5.00. The van der Waals surface area contributed by atoms with Gasteiger partial charge in [-0.2, -0.15) is 30.7 Å². The second kappa shape index (κ2) is 16.4. The molecule has 2 heterocycles. The van der Waals surface area contributed by atoms with E-state index in [1.807, 2.05) is 0 Å². The number of rotatable bonds is 13. The molecule has 0 unspecified atom stereocenters. The minimum absolute atomic E-state index is 0.0838. The average Bonchev–Trinajstić information content (AvgIpc) is 3.64. The third kappa shape index (κ3) is 8.82. The highest BCUT2D eigenvalue weighted by Gasteiger charge is 2.53. The number of hydrogen-bond acceptors (Lipinski definition) is 10. The van der Waals surface area contributed by atoms with E-state index in [1.54, 1.807) is 0 Å². The zero-order chi connectivity index (χ0) is 40.3. The van der Waals surface area contributed by atoms with Gasteiger partial charge in [0.2, 0.25) is 5.82 Å². The molecule has 0 saturated heterocycles. The van der Waals surface area contributed by atoms with Crippen LogP contribution < -0.4 is 10.1 Å². The summed E-state index contributed by atoms with van der Waals surface area (Å²) in [5.74, 6) is -6.46. The number of aliphatic hydroxyl groups is 3. The van der Waals surface area contributed by atoms with Crippen molar-refractivity contribution in [2.75, 3.05) is 38.8 Å². The van der Waals surface area contributed by atoms with Crippen LogP contribution in [0.15, 0.2) is 54.1 Å². The number of nitrogens with one attached hydrogen (secondary N) is 1. The molecule has 0 radical (unpaired) electrons. The fourth-order valence-electron chi connectivity index (χ4n) is 6.35. The van der Waals surface area contributed by atoms with Gasteiger partial charge in [-0.15, -0.1) is 0 Å². The summed E-state index contributed by atoms with van der Waals surface area (Å²) in [5.41, 5.74) is -7.16. The van der Waals surface area contributed by atoms with E-state index in [0.29, 0.717) is 37.4 Å². The molecule has 1 spiro atoms. The Morgan fingerprint density at radius 3 is 2.36 bits per heavy atom. The zero-order valence-corrected chi connectivity index (χ0v) is 29.0. The number of carbonyl (C=O) groups is 2. The zero-order valence-electron chi connectivity index (χ0n) is 29.0. The van der Waals surface area contributed by atoms with Crippen molar-refractivity contribution < 1.29 is 69.5 Å². The van der Waals surface area contributed by atoms with Crippen LogP contribution in [0.5, 0.6) is 5.75 Å². The van der Waals surface area contributed by atoms with E-state index in [0.717, 1.165) is 23.2 Å². The van der Waals surface area contributed by atoms with Crippen molar-refractivity contribution in [3.05, 3.63) is 82.5 Å². The number of benzene rings is 2. The summed E-state index contributed by atoms with van der Waals surface area (Å²) < 4.78 is 123. The fourth-order valence-corrected chi connectivity index (χ4v) is 6.35. The van der Waals surface area contributed by atoms with Crippen LogP contribution in [0.4, 0.5) is 40.8 Å². The van der Waals surface area contributed by atoms with E-state index in [1.165, 1.54) is 12.1 Å². The van der Waals surface area contributed by atoms with Crippen molar-refractivity contribution in [1.82, 2.24) is 20.0 Å². The predicted octanol–water partition coefficient (Wildman–Crippen LogP) is 5.55. The molecule has 3 aromatic rings. The first-order valence-corrected chi connectivity index (χ1v) is 16.8. The highest BCUT2D eigenvalue weighted by molar-refractivity contribution is 6.24. The van der Waals surface area contributed by atoms with Gasteiger partial charge >= 0.3 is 12.4 Å². The molecule has 5 rings (SSSR count). The molecule has 2 aliphatic rings. The molecule has 1 atom stereocenters. The van der Waals surface area contributed by atoms with E-state index in [-0.39, 0.29) is 44.6 Å². The van der Waals surface area contributed by atoms with Crippen molar-refractivity contribution in [3.63, 3.8) is 0 Å². The number of ether oxygens (including phenoxy) is 2. The highest BCUT2D eigenvalue weighted by Crippen LogP contribution is 2.45. The Labute approximate surface area is 308 Å². The van der Waals surface area contributed by atoms with Gasteiger partial charge in [0.25, 0.3) is 11.8 Å². The highest BCUT2D eigenvalue weighted by atomic mass is 19.4. The summed E-state index contributed by atoms with van der Waals surface area (Å²) in [6.07, 6.45) is -8.89. The summed E-state index contributed by atoms with van der Waals surface area (Å²) in [6, 6.07) is 4.40. The lowest BCUT2D eigenvalue weighted by molar-refractivity contribution is -0.163. The molecule has 2 aromatic carbocycles. The number of anilines is 1. The number of aromatic nitrogens is 2. The summed E-state index contributed by atoms with van der Waals surface area (Å²) in [4.78, 5) is 34.7. The first-order chi connectivity index (χ1) is 25.9. The third-order valence-electron chi connectivity index (χ3n) is 9.25. The van der Waals surface area contributed by atoms with E-state index in [2.05, 4.69) is 15.3 Å². The van der Waals surface area contributed by atoms with Gasteiger partial charge in [-0.05, 0) is 43.2 Å². The number of likely N-dealkylation sites (N-methyl/N-ethyl adjacent to an activating group) is 1. The topological polar surface area (TPSA) is 158 Å². The molecule has 1 aliphatic carbocycles. The Hall–Kier alpha value is -4.92. The Morgan fingerprint density at radius 2 is 1.71 bits per heavy atom. The lowest BCUT2D eigenvalue weighted by Crippen LogP contribution is -2.62. The molecule has 2 amide bonds. The van der Waals surface area contributed by atoms with Crippen molar-refractivity contribution in [3.8, 4) is 17.0 Å². The number of hydrogen-bond donors (Lipinski definition) is 4. The van der Waals surface area contributed by atoms with Crippen molar-refractivity contribution in [1.29, 1.82) is 0 Å². The molecule has 1 saturated carbocycles. The third-order valence-corrected chi connectivity index (χ3v) is 9.25. The fraction of sp³-hybridized carbons (Fsp3) is 0.429. The standard InChI is InChI=1S/C35H35F8N5O7/c1-47-33(9-2-3-10-33)30(51)27(32(53)48(47)15-19-5-8-25(29(37)28(19)36)55-12-4-11-54-17-21(50)16-49)31(52)46-23-7-6-20(34(38,39)40)13-22(23)24-14-26(35(41,42)43)45-18-44-24/h5-8,13-14,18,21,49-51H,2-4,9-12,15-17H2,1H3,(H,46,52)/t21-/m1/s1. The van der Waals surface area contributed by atoms with Gasteiger partial charge in [0.15, 0.2) is 11.6 Å². The van der Waals surface area contributed by atoms with Crippen LogP contribution in [-0.4, -0.2) is 92.2 Å². The normalized spacial score (nSPS) is 16.9. The summed E-state index contributed by atoms with van der Waals surface area (Å²) in [7, 11) is 1.41. The smallest absolute Gasteiger partial charge is 0.433 e. The molecule has 298 valence electrons. The van der Waals surface area contributed by atoms with Gasteiger partial charge in [-0.25, -0.2) is 19.4 Å². The molecule has 1 aliphatic heterocycles. The Morgan fingerprint density at radius 1 is 1.00 bits per heavy atom.